The second-order valence-corrected chi connectivity index (χ2v) is 6.54. The molecular formula is C13H20N2O2S+2. The monoisotopic (exact) mass is 268 g/mol. The zero-order valence-corrected chi connectivity index (χ0v) is 12.0. The summed E-state index contributed by atoms with van der Waals surface area (Å²) in [7, 11) is -1.38. The van der Waals surface area contributed by atoms with Crippen LogP contribution in [0.25, 0.3) is 0 Å². The first kappa shape index (κ1) is 14.6. The van der Waals surface area contributed by atoms with E-state index in [0.29, 0.717) is 17.9 Å². The molecule has 0 bridgehead atoms. The Morgan fingerprint density at radius 1 is 1.44 bits per heavy atom. The van der Waals surface area contributed by atoms with Gasteiger partial charge in [-0.15, -0.1) is 0 Å². The highest BCUT2D eigenvalue weighted by molar-refractivity contribution is 8.05. The lowest BCUT2D eigenvalue weighted by molar-refractivity contribution is -0.423. The van der Waals surface area contributed by atoms with Crippen LogP contribution < -0.4 is 4.99 Å². The number of hydrogen-bond acceptors (Lipinski definition) is 2. The summed E-state index contributed by atoms with van der Waals surface area (Å²) in [5.74, 6) is 0. The Kier molecular flexibility index (Phi) is 4.40. The number of hydrogen-bond donors (Lipinski definition) is 1. The Labute approximate surface area is 109 Å². The second-order valence-electron chi connectivity index (χ2n) is 4.53. The van der Waals surface area contributed by atoms with E-state index in [2.05, 4.69) is 18.2 Å². The van der Waals surface area contributed by atoms with Gasteiger partial charge >= 0.3 is 0 Å². The molecule has 0 saturated heterocycles. The maximum atomic E-state index is 11.5. The third-order valence-electron chi connectivity index (χ3n) is 2.68. The molecule has 1 N–H and O–H groups in total. The average Bonchev–Trinajstić information content (AvgIpc) is 2.23. The highest BCUT2D eigenvalue weighted by Crippen LogP contribution is 2.18. The van der Waals surface area contributed by atoms with Gasteiger partial charge < -0.3 is 0 Å². The Balaban J connectivity index is 3.01. The van der Waals surface area contributed by atoms with E-state index in [1.165, 1.54) is 6.26 Å². The second kappa shape index (κ2) is 5.44. The molecule has 1 aliphatic heterocycles. The molecule has 0 unspecified atom stereocenters. The lowest BCUT2D eigenvalue weighted by Gasteiger charge is -2.10. The minimum absolute atomic E-state index is 0.451. The van der Waals surface area contributed by atoms with E-state index < -0.39 is 9.84 Å². The van der Waals surface area contributed by atoms with Crippen molar-refractivity contribution in [2.24, 2.45) is 0 Å². The van der Waals surface area contributed by atoms with Gasteiger partial charge in [-0.05, 0) is 13.0 Å². The molecule has 0 aromatic carbocycles. The van der Waals surface area contributed by atoms with Crippen molar-refractivity contribution in [2.45, 2.75) is 19.8 Å². The number of sulfone groups is 1. The highest BCUT2D eigenvalue weighted by Gasteiger charge is 2.27. The predicted molar refractivity (Wildman–Crippen MR) is 74.3 cm³/mol. The van der Waals surface area contributed by atoms with Gasteiger partial charge in [0.2, 0.25) is 9.84 Å². The van der Waals surface area contributed by atoms with Crippen molar-refractivity contribution in [3.05, 3.63) is 36.2 Å². The zero-order valence-electron chi connectivity index (χ0n) is 11.2. The van der Waals surface area contributed by atoms with Crippen molar-refractivity contribution in [1.82, 2.24) is 0 Å². The fourth-order valence-electron chi connectivity index (χ4n) is 1.78. The molecule has 5 heteroatoms. The molecule has 0 aromatic heterocycles. The molecular weight excluding hydrogens is 248 g/mol. The molecule has 0 radical (unpaired) electrons. The van der Waals surface area contributed by atoms with E-state index >= 15 is 0 Å². The summed E-state index contributed by atoms with van der Waals surface area (Å²) in [5.41, 5.74) is 2.71. The fourth-order valence-corrected chi connectivity index (χ4v) is 2.83. The van der Waals surface area contributed by atoms with Crippen LogP contribution in [0.2, 0.25) is 0 Å². The summed E-state index contributed by atoms with van der Waals surface area (Å²) in [6.45, 7) is 9.56. The van der Waals surface area contributed by atoms with Crippen LogP contribution in [0, 0.1) is 0 Å². The van der Waals surface area contributed by atoms with Crippen LogP contribution in [0.4, 0.5) is 0 Å². The van der Waals surface area contributed by atoms with Gasteiger partial charge in [-0.25, -0.2) is 13.4 Å². The Morgan fingerprint density at radius 2 is 2.06 bits per heavy atom. The minimum atomic E-state index is -3.12. The largest absolute Gasteiger partial charge is 0.273 e. The summed E-state index contributed by atoms with van der Waals surface area (Å²) in [6.07, 6.45) is 6.04. The Morgan fingerprint density at radius 3 is 2.50 bits per heavy atom. The quantitative estimate of drug-likeness (QED) is 0.578. The van der Waals surface area contributed by atoms with E-state index in [0.717, 1.165) is 16.8 Å². The van der Waals surface area contributed by atoms with Gasteiger partial charge in [-0.1, -0.05) is 6.58 Å². The van der Waals surface area contributed by atoms with E-state index in [4.69, 9.17) is 0 Å². The molecule has 1 rings (SSSR count). The molecule has 0 aromatic rings. The van der Waals surface area contributed by atoms with Crippen LogP contribution in [0.15, 0.2) is 36.2 Å². The smallest absolute Gasteiger partial charge is 0.218 e. The summed E-state index contributed by atoms with van der Waals surface area (Å²) < 4.78 is 24.7. The lowest BCUT2D eigenvalue weighted by atomic mass is 10.0. The Hall–Kier alpha value is -1.49. The lowest BCUT2D eigenvalue weighted by Crippen LogP contribution is -2.65. The molecule has 18 heavy (non-hydrogen) atoms. The number of nitrogens with one attached hydrogen (secondary N) is 1. The molecule has 0 saturated carbocycles. The SMILES string of the molecule is C=C(C)[NH+]=CC(=C)C1=C[N+](C)=C(S(C)(=O)=O)CC1. The van der Waals surface area contributed by atoms with Gasteiger partial charge in [-0.2, -0.15) is 4.58 Å². The minimum Gasteiger partial charge on any atom is -0.218 e. The number of allylic oxidation sites excluding steroid dienone is 3. The van der Waals surface area contributed by atoms with Crippen LogP contribution >= 0.6 is 0 Å². The maximum Gasteiger partial charge on any atom is 0.273 e. The average molecular weight is 268 g/mol. The summed E-state index contributed by atoms with van der Waals surface area (Å²) >= 11 is 0. The number of nitrogens with zero attached hydrogens (tertiary/aromatic N) is 1. The van der Waals surface area contributed by atoms with E-state index in [1.807, 2.05) is 13.1 Å². The molecule has 0 fully saturated rings. The third kappa shape index (κ3) is 3.77. The van der Waals surface area contributed by atoms with E-state index in [9.17, 15) is 8.42 Å². The van der Waals surface area contributed by atoms with Crippen molar-refractivity contribution in [3.8, 4) is 0 Å². The van der Waals surface area contributed by atoms with Crippen LogP contribution in [-0.4, -0.2) is 37.6 Å². The van der Waals surface area contributed by atoms with Crippen LogP contribution in [0.3, 0.4) is 0 Å². The predicted octanol–water partition coefficient (Wildman–Crippen LogP) is -0.00930. The van der Waals surface area contributed by atoms with Crippen molar-refractivity contribution in [2.75, 3.05) is 13.3 Å². The van der Waals surface area contributed by atoms with E-state index in [-0.39, 0.29) is 0 Å². The van der Waals surface area contributed by atoms with Crippen molar-refractivity contribution in [3.63, 3.8) is 0 Å². The first-order chi connectivity index (χ1) is 8.21. The summed E-state index contributed by atoms with van der Waals surface area (Å²) in [5, 5.41) is 0.451. The molecule has 4 nitrogen and oxygen atoms in total. The molecule has 98 valence electrons. The summed E-state index contributed by atoms with van der Waals surface area (Å²) in [6, 6.07) is 0. The van der Waals surface area contributed by atoms with Crippen molar-refractivity contribution >= 4 is 21.1 Å². The topological polar surface area (TPSA) is 51.1 Å². The van der Waals surface area contributed by atoms with Gasteiger partial charge in [0, 0.05) is 30.7 Å². The molecule has 0 spiro atoms. The van der Waals surface area contributed by atoms with Gasteiger partial charge in [0.25, 0.3) is 5.04 Å². The number of rotatable bonds is 3. The standard InChI is InChI=1S/C13H19N2O2S/c1-10(2)14-8-11(3)12-6-7-13(15(4)9-12)18(5,16)17/h8-9H,1,3,6-7H2,2,4-5H3/q+1/p+1. The first-order valence-electron chi connectivity index (χ1n) is 5.65. The normalized spacial score (nSPS) is 16.9. The zero-order chi connectivity index (χ0) is 13.9. The molecule has 1 aliphatic rings. The van der Waals surface area contributed by atoms with Crippen molar-refractivity contribution in [1.29, 1.82) is 0 Å². The summed E-state index contributed by atoms with van der Waals surface area (Å²) in [4.78, 5) is 3.00. The highest BCUT2D eigenvalue weighted by atomic mass is 32.2. The van der Waals surface area contributed by atoms with Gasteiger partial charge in [-0.3, -0.25) is 0 Å². The van der Waals surface area contributed by atoms with Gasteiger partial charge in [0.05, 0.1) is 0 Å². The van der Waals surface area contributed by atoms with Crippen LogP contribution in [0.1, 0.15) is 19.8 Å². The molecule has 0 aliphatic carbocycles. The fraction of sp³-hybridized carbons (Fsp3) is 0.385. The van der Waals surface area contributed by atoms with Gasteiger partial charge in [0.1, 0.15) is 7.05 Å². The van der Waals surface area contributed by atoms with E-state index in [1.54, 1.807) is 17.8 Å². The van der Waals surface area contributed by atoms with Gasteiger partial charge in [0.15, 0.2) is 18.1 Å². The molecule has 0 atom stereocenters. The van der Waals surface area contributed by atoms with Crippen LogP contribution in [-0.2, 0) is 9.84 Å². The van der Waals surface area contributed by atoms with Crippen molar-refractivity contribution < 1.29 is 18.0 Å². The Bertz CT molecular complexity index is 578. The third-order valence-corrected chi connectivity index (χ3v) is 4.03. The first-order valence-corrected chi connectivity index (χ1v) is 7.55. The molecule has 0 amide bonds. The maximum absolute atomic E-state index is 11.5. The molecule has 1 heterocycles. The van der Waals surface area contributed by atoms with Crippen LogP contribution in [0.5, 0.6) is 0 Å².